The van der Waals surface area contributed by atoms with Crippen LogP contribution >= 0.6 is 0 Å². The Hall–Kier alpha value is -0.570. The van der Waals surface area contributed by atoms with Crippen molar-refractivity contribution < 1.29 is 9.53 Å². The monoisotopic (exact) mass is 227 g/mol. The lowest BCUT2D eigenvalue weighted by atomic mass is 10.1. The summed E-state index contributed by atoms with van der Waals surface area (Å²) in [6, 6.07) is 0. The lowest BCUT2D eigenvalue weighted by Crippen LogP contribution is -2.41. The van der Waals surface area contributed by atoms with E-state index in [1.165, 1.54) is 0 Å². The van der Waals surface area contributed by atoms with Gasteiger partial charge in [0.2, 0.25) is 5.91 Å². The minimum absolute atomic E-state index is 0.298. The van der Waals surface area contributed by atoms with Gasteiger partial charge in [0.1, 0.15) is 0 Å². The number of nitrogens with zero attached hydrogens (tertiary/aromatic N) is 1. The van der Waals surface area contributed by atoms with E-state index in [-0.39, 0.29) is 0 Å². The highest BCUT2D eigenvalue weighted by Crippen LogP contribution is 2.16. The van der Waals surface area contributed by atoms with E-state index in [0.29, 0.717) is 24.5 Å². The average Bonchev–Trinajstić information content (AvgIpc) is 2.26. The molecule has 0 spiro atoms. The maximum Gasteiger partial charge on any atom is 0.222 e. The fourth-order valence-electron chi connectivity index (χ4n) is 2.11. The second kappa shape index (κ2) is 6.89. The van der Waals surface area contributed by atoms with Crippen LogP contribution in [0.3, 0.4) is 0 Å². The van der Waals surface area contributed by atoms with Gasteiger partial charge in [0.15, 0.2) is 0 Å². The summed E-state index contributed by atoms with van der Waals surface area (Å²) in [5, 5.41) is 0. The summed E-state index contributed by atoms with van der Waals surface area (Å²) in [4.78, 5) is 13.8. The Labute approximate surface area is 99.1 Å². The van der Waals surface area contributed by atoms with Crippen LogP contribution in [-0.2, 0) is 9.53 Å². The van der Waals surface area contributed by atoms with E-state index < -0.39 is 0 Å². The number of unbranched alkanes of at least 4 members (excludes halogenated alkanes) is 1. The van der Waals surface area contributed by atoms with Crippen LogP contribution in [0.4, 0.5) is 0 Å². The number of ether oxygens (including phenoxy) is 1. The molecule has 0 aromatic heterocycles. The third-order valence-electron chi connectivity index (χ3n) is 3.00. The molecule has 94 valence electrons. The molecule has 0 atom stereocenters. The molecule has 0 bridgehead atoms. The summed E-state index contributed by atoms with van der Waals surface area (Å²) in [7, 11) is 0. The summed E-state index contributed by atoms with van der Waals surface area (Å²) < 4.78 is 5.76. The highest BCUT2D eigenvalue weighted by atomic mass is 16.5. The van der Waals surface area contributed by atoms with Crippen molar-refractivity contribution in [2.24, 2.45) is 0 Å². The van der Waals surface area contributed by atoms with Gasteiger partial charge in [0.05, 0.1) is 12.2 Å². The summed E-state index contributed by atoms with van der Waals surface area (Å²) in [6.07, 6.45) is 5.47. The van der Waals surface area contributed by atoms with Gasteiger partial charge in [-0.3, -0.25) is 4.79 Å². The second-order valence-electron chi connectivity index (χ2n) is 4.87. The van der Waals surface area contributed by atoms with Gasteiger partial charge >= 0.3 is 0 Å². The standard InChI is InChI=1S/C13H25NO2/c1-4-5-6-13(15)14-9-7-12(8-10-14)16-11(2)3/h11-12H,4-10H2,1-3H3. The fraction of sp³-hybridized carbons (Fsp3) is 0.923. The molecule has 1 aliphatic rings. The van der Waals surface area contributed by atoms with Crippen LogP contribution in [0.2, 0.25) is 0 Å². The minimum Gasteiger partial charge on any atom is -0.375 e. The van der Waals surface area contributed by atoms with Gasteiger partial charge in [0.25, 0.3) is 0 Å². The number of likely N-dealkylation sites (tertiary alicyclic amines) is 1. The number of hydrogen-bond acceptors (Lipinski definition) is 2. The molecular weight excluding hydrogens is 202 g/mol. The molecular formula is C13H25NO2. The fourth-order valence-corrected chi connectivity index (χ4v) is 2.11. The van der Waals surface area contributed by atoms with E-state index in [4.69, 9.17) is 4.74 Å². The van der Waals surface area contributed by atoms with Crippen molar-refractivity contribution in [1.82, 2.24) is 4.90 Å². The smallest absolute Gasteiger partial charge is 0.222 e. The van der Waals surface area contributed by atoms with Gasteiger partial charge in [-0.1, -0.05) is 13.3 Å². The zero-order chi connectivity index (χ0) is 12.0. The van der Waals surface area contributed by atoms with Crippen LogP contribution in [0.1, 0.15) is 52.9 Å². The molecule has 1 heterocycles. The first-order chi connectivity index (χ1) is 7.63. The third kappa shape index (κ3) is 4.52. The van der Waals surface area contributed by atoms with Gasteiger partial charge in [-0.15, -0.1) is 0 Å². The van der Waals surface area contributed by atoms with E-state index in [1.54, 1.807) is 0 Å². The Morgan fingerprint density at radius 1 is 1.38 bits per heavy atom. The van der Waals surface area contributed by atoms with Crippen LogP contribution in [0.15, 0.2) is 0 Å². The zero-order valence-corrected chi connectivity index (χ0v) is 10.9. The van der Waals surface area contributed by atoms with Crippen molar-refractivity contribution in [1.29, 1.82) is 0 Å². The van der Waals surface area contributed by atoms with E-state index in [1.807, 2.05) is 4.90 Å². The Balaban J connectivity index is 2.23. The molecule has 3 heteroatoms. The maximum atomic E-state index is 11.8. The highest BCUT2D eigenvalue weighted by molar-refractivity contribution is 5.76. The lowest BCUT2D eigenvalue weighted by Gasteiger charge is -2.32. The number of carbonyl (C=O) groups excluding carboxylic acids is 1. The van der Waals surface area contributed by atoms with Crippen molar-refractivity contribution in [3.8, 4) is 0 Å². The first kappa shape index (κ1) is 13.5. The molecule has 0 radical (unpaired) electrons. The quantitative estimate of drug-likeness (QED) is 0.722. The lowest BCUT2D eigenvalue weighted by molar-refractivity contribution is -0.134. The molecule has 0 unspecified atom stereocenters. The first-order valence-electron chi connectivity index (χ1n) is 6.56. The highest BCUT2D eigenvalue weighted by Gasteiger charge is 2.23. The summed E-state index contributed by atoms with van der Waals surface area (Å²) in [6.45, 7) is 8.01. The molecule has 16 heavy (non-hydrogen) atoms. The van der Waals surface area contributed by atoms with Crippen molar-refractivity contribution in [2.75, 3.05) is 13.1 Å². The van der Waals surface area contributed by atoms with Crippen LogP contribution < -0.4 is 0 Å². The van der Waals surface area contributed by atoms with Gasteiger partial charge in [-0.25, -0.2) is 0 Å². The summed E-state index contributed by atoms with van der Waals surface area (Å²) in [5.74, 6) is 0.324. The minimum atomic E-state index is 0.298. The molecule has 1 rings (SSSR count). The predicted octanol–water partition coefficient (Wildman–Crippen LogP) is 2.59. The summed E-state index contributed by atoms with van der Waals surface area (Å²) in [5.41, 5.74) is 0. The second-order valence-corrected chi connectivity index (χ2v) is 4.87. The summed E-state index contributed by atoms with van der Waals surface area (Å²) >= 11 is 0. The van der Waals surface area contributed by atoms with E-state index >= 15 is 0 Å². The predicted molar refractivity (Wildman–Crippen MR) is 65.3 cm³/mol. The van der Waals surface area contributed by atoms with Crippen molar-refractivity contribution in [3.63, 3.8) is 0 Å². The molecule has 1 saturated heterocycles. The molecule has 0 aromatic carbocycles. The molecule has 1 aliphatic heterocycles. The molecule has 0 N–H and O–H groups in total. The third-order valence-corrected chi connectivity index (χ3v) is 3.00. The molecule has 3 nitrogen and oxygen atoms in total. The zero-order valence-electron chi connectivity index (χ0n) is 10.9. The largest absolute Gasteiger partial charge is 0.375 e. The van der Waals surface area contributed by atoms with Crippen molar-refractivity contribution in [2.45, 2.75) is 65.1 Å². The normalized spacial score (nSPS) is 18.1. The molecule has 0 saturated carbocycles. The van der Waals surface area contributed by atoms with E-state index in [9.17, 15) is 4.79 Å². The van der Waals surface area contributed by atoms with Crippen LogP contribution in [0.5, 0.6) is 0 Å². The number of hydrogen-bond donors (Lipinski definition) is 0. The van der Waals surface area contributed by atoms with E-state index in [0.717, 1.165) is 38.8 Å². The Morgan fingerprint density at radius 3 is 2.50 bits per heavy atom. The molecule has 0 aliphatic carbocycles. The van der Waals surface area contributed by atoms with Crippen LogP contribution in [0, 0.1) is 0 Å². The average molecular weight is 227 g/mol. The first-order valence-corrected chi connectivity index (χ1v) is 6.56. The molecule has 1 amide bonds. The SMILES string of the molecule is CCCCC(=O)N1CCC(OC(C)C)CC1. The Kier molecular flexibility index (Phi) is 5.81. The van der Waals surface area contributed by atoms with Crippen molar-refractivity contribution in [3.05, 3.63) is 0 Å². The van der Waals surface area contributed by atoms with E-state index in [2.05, 4.69) is 20.8 Å². The topological polar surface area (TPSA) is 29.5 Å². The Morgan fingerprint density at radius 2 is 2.00 bits per heavy atom. The van der Waals surface area contributed by atoms with Crippen LogP contribution in [-0.4, -0.2) is 36.1 Å². The number of carbonyl (C=O) groups is 1. The number of rotatable bonds is 5. The molecule has 1 fully saturated rings. The van der Waals surface area contributed by atoms with Crippen LogP contribution in [0.25, 0.3) is 0 Å². The number of piperidine rings is 1. The van der Waals surface area contributed by atoms with Gasteiger partial charge in [0, 0.05) is 19.5 Å². The molecule has 0 aromatic rings. The number of amides is 1. The van der Waals surface area contributed by atoms with Gasteiger partial charge in [-0.2, -0.15) is 0 Å². The Bertz CT molecular complexity index is 208. The van der Waals surface area contributed by atoms with Gasteiger partial charge in [-0.05, 0) is 33.1 Å². The maximum absolute atomic E-state index is 11.8. The van der Waals surface area contributed by atoms with Gasteiger partial charge < -0.3 is 9.64 Å². The van der Waals surface area contributed by atoms with Crippen molar-refractivity contribution >= 4 is 5.91 Å².